The van der Waals surface area contributed by atoms with E-state index in [-0.39, 0.29) is 0 Å². The van der Waals surface area contributed by atoms with Crippen molar-refractivity contribution in [1.29, 1.82) is 0 Å². The number of rotatable bonds is 8. The molecular formula is C34H52O2S2Zr. The van der Waals surface area contributed by atoms with Crippen molar-refractivity contribution in [3.63, 3.8) is 0 Å². The molecule has 3 unspecified atom stereocenters. The summed E-state index contributed by atoms with van der Waals surface area (Å²) in [4.78, 5) is 0. The average Bonchev–Trinajstić information content (AvgIpc) is 3.14. The first-order chi connectivity index (χ1) is 18.5. The van der Waals surface area contributed by atoms with Crippen molar-refractivity contribution in [3.05, 3.63) is 57.6 Å². The van der Waals surface area contributed by atoms with Gasteiger partial charge in [-0.2, -0.15) is 0 Å². The fourth-order valence-corrected chi connectivity index (χ4v) is 35.1. The van der Waals surface area contributed by atoms with Gasteiger partial charge in [-0.25, -0.2) is 0 Å². The summed E-state index contributed by atoms with van der Waals surface area (Å²) in [5.41, 5.74) is 7.48. The topological polar surface area (TPSA) is 40.5 Å². The molecule has 39 heavy (non-hydrogen) atoms. The molecule has 1 aliphatic carbocycles. The van der Waals surface area contributed by atoms with E-state index in [0.29, 0.717) is 49.4 Å². The molecule has 0 aromatic heterocycles. The first-order valence-electron chi connectivity index (χ1n) is 15.3. The second-order valence-electron chi connectivity index (χ2n) is 13.2. The average molecular weight is 648 g/mol. The van der Waals surface area contributed by atoms with Crippen LogP contribution < -0.4 is 0 Å². The summed E-state index contributed by atoms with van der Waals surface area (Å²) < 4.78 is 0. The van der Waals surface area contributed by atoms with Gasteiger partial charge in [-0.3, -0.25) is 0 Å². The number of phenolic OH excluding ortho intramolecular Hbond substituents is 2. The van der Waals surface area contributed by atoms with Crippen LogP contribution in [0.15, 0.2) is 24.3 Å². The van der Waals surface area contributed by atoms with E-state index >= 15 is 0 Å². The number of aromatic hydroxyl groups is 2. The SMILES string of the molecule is CC(C)c1cc(C[S]2=[Zr]=[S](Cc3cc(C(C)C)cc(C(C)C)c3O)[C@H]3CCCCCCC32)c(O)c(C(C)C)c1. The van der Waals surface area contributed by atoms with Gasteiger partial charge in [0.25, 0.3) is 0 Å². The number of phenols is 2. The van der Waals surface area contributed by atoms with Gasteiger partial charge < -0.3 is 0 Å². The van der Waals surface area contributed by atoms with Crippen LogP contribution in [0, 0.1) is 0 Å². The summed E-state index contributed by atoms with van der Waals surface area (Å²) in [6, 6.07) is 9.21. The van der Waals surface area contributed by atoms with Gasteiger partial charge in [0.1, 0.15) is 0 Å². The molecule has 0 bridgehead atoms. The Kier molecular flexibility index (Phi) is 11.1. The Bertz CT molecular complexity index is 1160. The zero-order chi connectivity index (χ0) is 28.4. The van der Waals surface area contributed by atoms with Gasteiger partial charge in [-0.15, -0.1) is 0 Å². The van der Waals surface area contributed by atoms with Crippen molar-refractivity contribution < 1.29 is 29.4 Å². The van der Waals surface area contributed by atoms with Crippen molar-refractivity contribution >= 4 is 14.2 Å². The Hall–Kier alpha value is -0.377. The zero-order valence-corrected chi connectivity index (χ0v) is 29.7. The second-order valence-corrected chi connectivity index (χ2v) is 28.7. The Balaban J connectivity index is 1.79. The standard InChI is InChI=1S/C34H52O2S2.Zr/c1-21(2)25-15-27(33(35)29(17-25)23(5)6)19-37-31-13-11-9-10-12-14-32(31)38-20-28-16-26(22(3)4)18-30(24(7)8)34(28)36;/h15-18,21-24,31-32,35-36H,9-14,19-20H2,1-8H3;/t31-,32?;/m0./s1. The van der Waals surface area contributed by atoms with Crippen molar-refractivity contribution in [1.82, 2.24) is 0 Å². The van der Waals surface area contributed by atoms with Crippen molar-refractivity contribution in [2.24, 2.45) is 0 Å². The van der Waals surface area contributed by atoms with Gasteiger partial charge in [0.2, 0.25) is 0 Å². The minimum atomic E-state index is -0.711. The maximum atomic E-state index is 11.4. The number of hydrogen-bond donors (Lipinski definition) is 2. The fraction of sp³-hybridized carbons (Fsp3) is 0.647. The third-order valence-corrected chi connectivity index (χ3v) is 30.6. The molecule has 0 amide bonds. The first kappa shape index (κ1) is 31.6. The quantitative estimate of drug-likeness (QED) is 0.299. The van der Waals surface area contributed by atoms with Crippen molar-refractivity contribution in [2.45, 2.75) is 140 Å². The van der Waals surface area contributed by atoms with Gasteiger partial charge in [0.15, 0.2) is 0 Å². The molecule has 0 radical (unpaired) electrons. The molecule has 1 aliphatic heterocycles. The van der Waals surface area contributed by atoms with E-state index in [2.05, 4.69) is 79.7 Å². The normalized spacial score (nSPS) is 23.6. The van der Waals surface area contributed by atoms with Crippen LogP contribution in [0.25, 0.3) is 0 Å². The van der Waals surface area contributed by atoms with Crippen LogP contribution in [0.3, 0.4) is 0 Å². The molecule has 2 aromatic rings. The van der Waals surface area contributed by atoms with Gasteiger partial charge in [0, 0.05) is 0 Å². The molecule has 216 valence electrons. The minimum absolute atomic E-state index is 0.337. The van der Waals surface area contributed by atoms with Crippen molar-refractivity contribution in [2.75, 3.05) is 0 Å². The van der Waals surface area contributed by atoms with E-state index in [1.54, 1.807) is 0 Å². The summed E-state index contributed by atoms with van der Waals surface area (Å²) in [5, 5.41) is 24.5. The van der Waals surface area contributed by atoms with Crippen molar-refractivity contribution in [3.8, 4) is 11.5 Å². The molecule has 2 aromatic carbocycles. The summed E-state index contributed by atoms with van der Waals surface area (Å²) >= 11 is -0.711. The van der Waals surface area contributed by atoms with E-state index in [4.69, 9.17) is 0 Å². The molecule has 4 rings (SSSR count). The predicted molar refractivity (Wildman–Crippen MR) is 170 cm³/mol. The van der Waals surface area contributed by atoms with Gasteiger partial charge >= 0.3 is 252 Å². The van der Waals surface area contributed by atoms with Crippen LogP contribution in [0.1, 0.15) is 151 Å². The molecule has 0 spiro atoms. The Morgan fingerprint density at radius 3 is 1.33 bits per heavy atom. The third kappa shape index (κ3) is 7.35. The van der Waals surface area contributed by atoms with Crippen LogP contribution in [0.5, 0.6) is 11.5 Å². The van der Waals surface area contributed by atoms with Crippen LogP contribution in [0.4, 0.5) is 0 Å². The van der Waals surface area contributed by atoms with E-state index in [9.17, 15) is 10.2 Å². The molecular weight excluding hydrogens is 596 g/mol. The molecule has 2 nitrogen and oxygen atoms in total. The Labute approximate surface area is 250 Å². The predicted octanol–water partition coefficient (Wildman–Crippen LogP) is 10.8. The first-order valence-corrected chi connectivity index (χ1v) is 24.3. The van der Waals surface area contributed by atoms with E-state index < -0.39 is 19.2 Å². The Morgan fingerprint density at radius 2 is 1.00 bits per heavy atom. The molecule has 5 heteroatoms. The molecule has 0 saturated heterocycles. The fourth-order valence-electron chi connectivity index (χ4n) is 6.19. The molecule has 2 aliphatic rings. The summed E-state index contributed by atoms with van der Waals surface area (Å²) in [5.74, 6) is 4.98. The molecule has 1 heterocycles. The van der Waals surface area contributed by atoms with Crippen LogP contribution in [-0.2, 0) is 30.7 Å². The third-order valence-electron chi connectivity index (χ3n) is 8.77. The zero-order valence-electron chi connectivity index (χ0n) is 25.6. The summed E-state index contributed by atoms with van der Waals surface area (Å²) in [6.07, 6.45) is 8.30. The van der Waals surface area contributed by atoms with Gasteiger partial charge in [0.05, 0.1) is 0 Å². The molecule has 4 atom stereocenters. The van der Waals surface area contributed by atoms with Gasteiger partial charge in [-0.05, 0) is 0 Å². The van der Waals surface area contributed by atoms with Gasteiger partial charge in [-0.1, -0.05) is 0 Å². The summed E-state index contributed by atoms with van der Waals surface area (Å²) in [6.45, 7) is 18.0. The van der Waals surface area contributed by atoms with Crippen LogP contribution >= 0.6 is 14.2 Å². The molecule has 1 fully saturated rings. The van der Waals surface area contributed by atoms with E-state index in [1.165, 1.54) is 60.8 Å². The number of hydrogen-bond acceptors (Lipinski definition) is 2. The molecule has 2 N–H and O–H groups in total. The second kappa shape index (κ2) is 13.7. The van der Waals surface area contributed by atoms with E-state index in [1.807, 2.05) is 0 Å². The number of benzene rings is 2. The molecule has 1 saturated carbocycles. The van der Waals surface area contributed by atoms with Crippen LogP contribution in [0.2, 0.25) is 0 Å². The monoisotopic (exact) mass is 646 g/mol. The summed E-state index contributed by atoms with van der Waals surface area (Å²) in [7, 11) is 0.870. The van der Waals surface area contributed by atoms with E-state index in [0.717, 1.165) is 33.1 Å². The maximum absolute atomic E-state index is 11.4. The number of fused-ring (bicyclic) bond motifs is 1. The Morgan fingerprint density at radius 1 is 0.615 bits per heavy atom. The van der Waals surface area contributed by atoms with Crippen LogP contribution in [-0.4, -0.2) is 20.7 Å².